The highest BCUT2D eigenvalue weighted by Crippen LogP contribution is 2.30. The van der Waals surface area contributed by atoms with Crippen LogP contribution >= 0.6 is 0 Å². The van der Waals surface area contributed by atoms with Crippen molar-refractivity contribution in [2.45, 2.75) is 24.5 Å². The van der Waals surface area contributed by atoms with Crippen molar-refractivity contribution >= 4 is 15.7 Å². The number of rotatable bonds is 3. The zero-order valence-electron chi connectivity index (χ0n) is 12.2. The average molecular weight is 323 g/mol. The molecule has 3 rings (SSSR count). The molecule has 1 aromatic rings. The van der Waals surface area contributed by atoms with Crippen LogP contribution in [0.25, 0.3) is 0 Å². The third-order valence-electron chi connectivity index (χ3n) is 4.44. The summed E-state index contributed by atoms with van der Waals surface area (Å²) in [5.41, 5.74) is 0.475. The van der Waals surface area contributed by atoms with Crippen LogP contribution in [0.2, 0.25) is 0 Å². The van der Waals surface area contributed by atoms with E-state index >= 15 is 0 Å². The number of hydrogen-bond donors (Lipinski definition) is 0. The molecule has 5 nitrogen and oxygen atoms in total. The summed E-state index contributed by atoms with van der Waals surface area (Å²) in [5, 5.41) is 8.64. The molecule has 7 heteroatoms. The summed E-state index contributed by atoms with van der Waals surface area (Å²) in [4.78, 5) is 1.81. The van der Waals surface area contributed by atoms with Gasteiger partial charge in [0.1, 0.15) is 17.4 Å². The molecule has 0 N–H and O–H groups in total. The number of benzene rings is 1. The van der Waals surface area contributed by atoms with Crippen LogP contribution in [-0.4, -0.2) is 44.2 Å². The molecular weight excluding hydrogens is 305 g/mol. The Morgan fingerprint density at radius 1 is 1.23 bits per heavy atom. The van der Waals surface area contributed by atoms with Gasteiger partial charge in [-0.2, -0.15) is 5.26 Å². The van der Waals surface area contributed by atoms with Crippen molar-refractivity contribution in [2.75, 3.05) is 31.1 Å². The fourth-order valence-corrected chi connectivity index (χ4v) is 5.19. The lowest BCUT2D eigenvalue weighted by Crippen LogP contribution is -2.38. The zero-order valence-corrected chi connectivity index (χ0v) is 13.0. The highest BCUT2D eigenvalue weighted by molar-refractivity contribution is 7.89. The summed E-state index contributed by atoms with van der Waals surface area (Å²) in [7, 11) is -3.29. The van der Waals surface area contributed by atoms with Crippen molar-refractivity contribution in [1.82, 2.24) is 4.31 Å². The van der Waals surface area contributed by atoms with E-state index in [1.807, 2.05) is 6.07 Å². The number of anilines is 1. The summed E-state index contributed by atoms with van der Waals surface area (Å²) in [6, 6.07) is 6.34. The largest absolute Gasteiger partial charge is 0.369 e. The first kappa shape index (κ1) is 15.3. The van der Waals surface area contributed by atoms with Gasteiger partial charge in [0.25, 0.3) is 0 Å². The molecule has 0 saturated carbocycles. The fourth-order valence-electron chi connectivity index (χ4n) is 3.23. The summed E-state index contributed by atoms with van der Waals surface area (Å²) >= 11 is 0. The molecule has 22 heavy (non-hydrogen) atoms. The molecule has 2 fully saturated rings. The fraction of sp³-hybridized carbons (Fsp3) is 0.533. The first-order valence-corrected chi connectivity index (χ1v) is 8.97. The van der Waals surface area contributed by atoms with Crippen LogP contribution in [0.3, 0.4) is 0 Å². The molecule has 0 amide bonds. The molecule has 0 bridgehead atoms. The Kier molecular flexibility index (Phi) is 4.06. The van der Waals surface area contributed by atoms with Crippen LogP contribution in [0, 0.1) is 17.1 Å². The van der Waals surface area contributed by atoms with Crippen molar-refractivity contribution in [3.05, 3.63) is 29.6 Å². The highest BCUT2D eigenvalue weighted by atomic mass is 32.2. The van der Waals surface area contributed by atoms with Crippen molar-refractivity contribution in [1.29, 1.82) is 5.26 Å². The van der Waals surface area contributed by atoms with Crippen molar-refractivity contribution < 1.29 is 12.8 Å². The predicted octanol–water partition coefficient (Wildman–Crippen LogP) is 1.70. The van der Waals surface area contributed by atoms with Gasteiger partial charge in [0.05, 0.1) is 10.9 Å². The SMILES string of the molecule is N#Cc1c(F)cccc1N1CCC(S(=O)(=O)N2CCCC2)C1. The average Bonchev–Trinajstić information content (AvgIpc) is 3.19. The van der Waals surface area contributed by atoms with Gasteiger partial charge in [-0.15, -0.1) is 0 Å². The molecule has 2 aliphatic heterocycles. The zero-order chi connectivity index (χ0) is 15.7. The Hall–Kier alpha value is -1.65. The van der Waals surface area contributed by atoms with Crippen molar-refractivity contribution in [3.63, 3.8) is 0 Å². The minimum absolute atomic E-state index is 0.0123. The number of nitrogens with zero attached hydrogens (tertiary/aromatic N) is 3. The minimum atomic E-state index is -3.29. The van der Waals surface area contributed by atoms with Gasteiger partial charge in [-0.25, -0.2) is 17.1 Å². The Morgan fingerprint density at radius 2 is 1.95 bits per heavy atom. The van der Waals surface area contributed by atoms with E-state index < -0.39 is 21.1 Å². The first-order chi connectivity index (χ1) is 10.5. The van der Waals surface area contributed by atoms with Crippen LogP contribution in [0.4, 0.5) is 10.1 Å². The predicted molar refractivity (Wildman–Crippen MR) is 81.5 cm³/mol. The summed E-state index contributed by atoms with van der Waals surface area (Å²) < 4.78 is 40.5. The Balaban J connectivity index is 1.81. The maximum atomic E-state index is 13.7. The van der Waals surface area contributed by atoms with Crippen molar-refractivity contribution in [3.8, 4) is 6.07 Å². The van der Waals surface area contributed by atoms with Crippen LogP contribution in [0.15, 0.2) is 18.2 Å². The number of nitriles is 1. The van der Waals surface area contributed by atoms with Crippen LogP contribution in [-0.2, 0) is 10.0 Å². The quantitative estimate of drug-likeness (QED) is 0.849. The first-order valence-electron chi connectivity index (χ1n) is 7.46. The van der Waals surface area contributed by atoms with E-state index in [0.29, 0.717) is 38.3 Å². The summed E-state index contributed by atoms with van der Waals surface area (Å²) in [5.74, 6) is -0.564. The van der Waals surface area contributed by atoms with Crippen LogP contribution < -0.4 is 4.90 Å². The third kappa shape index (κ3) is 2.57. The topological polar surface area (TPSA) is 64.4 Å². The van der Waals surface area contributed by atoms with E-state index in [-0.39, 0.29) is 5.56 Å². The molecule has 0 aromatic heterocycles. The monoisotopic (exact) mass is 323 g/mol. The maximum Gasteiger partial charge on any atom is 0.218 e. The molecule has 0 aliphatic carbocycles. The Bertz CT molecular complexity index is 708. The molecule has 2 saturated heterocycles. The molecule has 1 unspecified atom stereocenters. The molecule has 118 valence electrons. The number of halogens is 1. The standard InChI is InChI=1S/C15H18FN3O2S/c16-14-4-3-5-15(13(14)10-17)18-9-6-12(11-18)22(20,21)19-7-1-2-8-19/h3-5,12H,1-2,6-9,11H2. The van der Waals surface area contributed by atoms with E-state index in [2.05, 4.69) is 0 Å². The summed E-state index contributed by atoms with van der Waals surface area (Å²) in [6.45, 7) is 2.04. The molecule has 1 aromatic carbocycles. The minimum Gasteiger partial charge on any atom is -0.369 e. The molecule has 2 heterocycles. The second kappa shape index (κ2) is 5.86. The highest BCUT2D eigenvalue weighted by Gasteiger charge is 2.38. The van der Waals surface area contributed by atoms with Gasteiger partial charge in [0.2, 0.25) is 10.0 Å². The Morgan fingerprint density at radius 3 is 2.64 bits per heavy atom. The second-order valence-electron chi connectivity index (χ2n) is 5.75. The van der Waals surface area contributed by atoms with E-state index in [9.17, 15) is 12.8 Å². The second-order valence-corrected chi connectivity index (χ2v) is 7.97. The lowest BCUT2D eigenvalue weighted by molar-refractivity contribution is 0.467. The van der Waals surface area contributed by atoms with E-state index in [1.165, 1.54) is 6.07 Å². The number of hydrogen-bond acceptors (Lipinski definition) is 4. The van der Waals surface area contributed by atoms with Crippen LogP contribution in [0.5, 0.6) is 0 Å². The lowest BCUT2D eigenvalue weighted by Gasteiger charge is -2.22. The molecule has 0 spiro atoms. The molecular formula is C15H18FN3O2S. The van der Waals surface area contributed by atoms with Gasteiger partial charge in [-0.05, 0) is 31.4 Å². The smallest absolute Gasteiger partial charge is 0.218 e. The molecule has 2 aliphatic rings. The van der Waals surface area contributed by atoms with E-state index in [4.69, 9.17) is 5.26 Å². The Labute approximate surface area is 130 Å². The summed E-state index contributed by atoms with van der Waals surface area (Å²) in [6.07, 6.45) is 2.34. The van der Waals surface area contributed by atoms with Gasteiger partial charge in [0.15, 0.2) is 0 Å². The van der Waals surface area contributed by atoms with Gasteiger partial charge in [-0.1, -0.05) is 6.07 Å². The molecule has 0 radical (unpaired) electrons. The van der Waals surface area contributed by atoms with E-state index in [0.717, 1.165) is 12.8 Å². The molecule has 1 atom stereocenters. The van der Waals surface area contributed by atoms with Crippen LogP contribution in [0.1, 0.15) is 24.8 Å². The third-order valence-corrected chi connectivity index (χ3v) is 6.75. The van der Waals surface area contributed by atoms with Gasteiger partial charge in [-0.3, -0.25) is 0 Å². The van der Waals surface area contributed by atoms with Gasteiger partial charge < -0.3 is 4.90 Å². The van der Waals surface area contributed by atoms with Gasteiger partial charge in [0, 0.05) is 26.2 Å². The normalized spacial score (nSPS) is 22.9. The van der Waals surface area contributed by atoms with Crippen molar-refractivity contribution in [2.24, 2.45) is 0 Å². The van der Waals surface area contributed by atoms with Gasteiger partial charge >= 0.3 is 0 Å². The lowest BCUT2D eigenvalue weighted by atomic mass is 10.1. The maximum absolute atomic E-state index is 13.7. The van der Waals surface area contributed by atoms with E-state index in [1.54, 1.807) is 21.3 Å². The number of sulfonamides is 1.